The summed E-state index contributed by atoms with van der Waals surface area (Å²) < 4.78 is 38.1. The van der Waals surface area contributed by atoms with E-state index in [0.29, 0.717) is 15.4 Å². The van der Waals surface area contributed by atoms with E-state index in [2.05, 4.69) is 25.6 Å². The third-order valence-electron chi connectivity index (χ3n) is 3.06. The minimum atomic E-state index is -3.91. The standard InChI is InChI=1S/C14H17BrN2O5S/c1-3-22-14(18)12-13(23(19,20)16-6-7-21-2)10-8-9(15)4-5-11(10)17-12/h4-5,8,16-17H,3,6-7H2,1-2H3. The van der Waals surface area contributed by atoms with Crippen LogP contribution in [0.1, 0.15) is 17.4 Å². The van der Waals surface area contributed by atoms with Crippen LogP contribution in [0.3, 0.4) is 0 Å². The van der Waals surface area contributed by atoms with Gasteiger partial charge in [0.25, 0.3) is 0 Å². The number of halogens is 1. The zero-order valence-electron chi connectivity index (χ0n) is 12.7. The molecule has 0 spiro atoms. The van der Waals surface area contributed by atoms with E-state index in [4.69, 9.17) is 9.47 Å². The number of ether oxygens (including phenoxy) is 2. The number of fused-ring (bicyclic) bond motifs is 1. The summed E-state index contributed by atoms with van der Waals surface area (Å²) in [7, 11) is -2.44. The second-order valence-corrected chi connectivity index (χ2v) is 7.25. The molecular formula is C14H17BrN2O5S. The Morgan fingerprint density at radius 3 is 2.78 bits per heavy atom. The molecule has 2 N–H and O–H groups in total. The van der Waals surface area contributed by atoms with Gasteiger partial charge in [-0.05, 0) is 25.1 Å². The van der Waals surface area contributed by atoms with Crippen LogP contribution < -0.4 is 4.72 Å². The summed E-state index contributed by atoms with van der Waals surface area (Å²) in [6.45, 7) is 2.12. The molecule has 0 aliphatic heterocycles. The summed E-state index contributed by atoms with van der Waals surface area (Å²) in [6, 6.07) is 5.08. The molecule has 0 radical (unpaired) electrons. The molecule has 2 rings (SSSR count). The predicted octanol–water partition coefficient (Wildman–Crippen LogP) is 2.03. The van der Waals surface area contributed by atoms with Crippen molar-refractivity contribution in [2.24, 2.45) is 0 Å². The Hall–Kier alpha value is -1.42. The van der Waals surface area contributed by atoms with Crippen molar-refractivity contribution in [1.82, 2.24) is 9.71 Å². The molecule has 7 nitrogen and oxygen atoms in total. The first-order chi connectivity index (χ1) is 10.9. The third-order valence-corrected chi connectivity index (χ3v) is 5.10. The van der Waals surface area contributed by atoms with Gasteiger partial charge in [-0.3, -0.25) is 0 Å². The lowest BCUT2D eigenvalue weighted by molar-refractivity contribution is 0.0516. The minimum absolute atomic E-state index is 0.0927. The molecule has 1 aromatic heterocycles. The van der Waals surface area contributed by atoms with E-state index >= 15 is 0 Å². The van der Waals surface area contributed by atoms with Crippen LogP contribution in [0.5, 0.6) is 0 Å². The average molecular weight is 405 g/mol. The first-order valence-electron chi connectivity index (χ1n) is 6.87. The maximum Gasteiger partial charge on any atom is 0.356 e. The highest BCUT2D eigenvalue weighted by Gasteiger charge is 2.28. The van der Waals surface area contributed by atoms with Gasteiger partial charge < -0.3 is 14.5 Å². The summed E-state index contributed by atoms with van der Waals surface area (Å²) in [5, 5.41) is 0.410. The Kier molecular flexibility index (Phi) is 5.79. The molecule has 0 aliphatic carbocycles. The molecular weight excluding hydrogens is 388 g/mol. The number of nitrogens with one attached hydrogen (secondary N) is 2. The Morgan fingerprint density at radius 2 is 2.13 bits per heavy atom. The van der Waals surface area contributed by atoms with Gasteiger partial charge in [0, 0.05) is 29.0 Å². The van der Waals surface area contributed by atoms with Crippen molar-refractivity contribution in [3.8, 4) is 0 Å². The van der Waals surface area contributed by atoms with Crippen LogP contribution in [0.25, 0.3) is 10.9 Å². The summed E-state index contributed by atoms with van der Waals surface area (Å²) in [6.07, 6.45) is 0. The largest absolute Gasteiger partial charge is 0.461 e. The summed E-state index contributed by atoms with van der Waals surface area (Å²) in [5.41, 5.74) is 0.438. The topological polar surface area (TPSA) is 97.5 Å². The second-order valence-electron chi connectivity index (χ2n) is 4.63. The van der Waals surface area contributed by atoms with E-state index in [0.717, 1.165) is 0 Å². The number of methoxy groups -OCH3 is 1. The fourth-order valence-corrected chi connectivity index (χ4v) is 3.83. The van der Waals surface area contributed by atoms with Gasteiger partial charge in [-0.25, -0.2) is 17.9 Å². The molecule has 0 bridgehead atoms. The van der Waals surface area contributed by atoms with Gasteiger partial charge in [0.1, 0.15) is 10.6 Å². The zero-order chi connectivity index (χ0) is 17.0. The van der Waals surface area contributed by atoms with Crippen LogP contribution in [0, 0.1) is 0 Å². The lowest BCUT2D eigenvalue weighted by Crippen LogP contribution is -2.28. The highest BCUT2D eigenvalue weighted by Crippen LogP contribution is 2.30. The number of aromatic nitrogens is 1. The molecule has 126 valence electrons. The highest BCUT2D eigenvalue weighted by molar-refractivity contribution is 9.10. The van der Waals surface area contributed by atoms with Crippen LogP contribution in [0.15, 0.2) is 27.6 Å². The smallest absolute Gasteiger partial charge is 0.356 e. The van der Waals surface area contributed by atoms with Gasteiger partial charge in [-0.2, -0.15) is 0 Å². The first-order valence-corrected chi connectivity index (χ1v) is 9.15. The van der Waals surface area contributed by atoms with E-state index < -0.39 is 16.0 Å². The number of carbonyl (C=O) groups is 1. The maximum atomic E-state index is 12.6. The molecule has 2 aromatic rings. The summed E-state index contributed by atoms with van der Waals surface area (Å²) >= 11 is 3.31. The van der Waals surface area contributed by atoms with Gasteiger partial charge >= 0.3 is 5.97 Å². The van der Waals surface area contributed by atoms with Crippen LogP contribution in [0.2, 0.25) is 0 Å². The molecule has 0 aliphatic rings. The molecule has 0 saturated carbocycles. The molecule has 1 aromatic carbocycles. The van der Waals surface area contributed by atoms with Crippen molar-refractivity contribution >= 4 is 42.8 Å². The van der Waals surface area contributed by atoms with Crippen molar-refractivity contribution in [2.45, 2.75) is 11.8 Å². The number of benzene rings is 1. The van der Waals surface area contributed by atoms with Gasteiger partial charge in [-0.15, -0.1) is 0 Å². The number of hydrogen-bond acceptors (Lipinski definition) is 5. The summed E-state index contributed by atoms with van der Waals surface area (Å²) in [4.78, 5) is 14.8. The number of sulfonamides is 1. The molecule has 1 heterocycles. The van der Waals surface area contributed by atoms with Crippen LogP contribution in [-0.4, -0.2) is 46.2 Å². The zero-order valence-corrected chi connectivity index (χ0v) is 15.1. The second kappa shape index (κ2) is 7.43. The van der Waals surface area contributed by atoms with Crippen LogP contribution in [-0.2, 0) is 19.5 Å². The number of hydrogen-bond donors (Lipinski definition) is 2. The number of aromatic amines is 1. The Labute approximate surface area is 142 Å². The third kappa shape index (κ3) is 3.92. The minimum Gasteiger partial charge on any atom is -0.461 e. The average Bonchev–Trinajstić information content (AvgIpc) is 2.87. The number of esters is 1. The number of rotatable bonds is 7. The van der Waals surface area contributed by atoms with Crippen molar-refractivity contribution < 1.29 is 22.7 Å². The van der Waals surface area contributed by atoms with Gasteiger partial charge in [0.2, 0.25) is 10.0 Å². The van der Waals surface area contributed by atoms with Gasteiger partial charge in [-0.1, -0.05) is 15.9 Å². The van der Waals surface area contributed by atoms with E-state index in [1.807, 2.05) is 0 Å². The highest BCUT2D eigenvalue weighted by atomic mass is 79.9. The Balaban J connectivity index is 2.60. The predicted molar refractivity (Wildman–Crippen MR) is 89.0 cm³/mol. The van der Waals surface area contributed by atoms with Crippen molar-refractivity contribution in [3.63, 3.8) is 0 Å². The van der Waals surface area contributed by atoms with E-state index in [1.165, 1.54) is 7.11 Å². The van der Waals surface area contributed by atoms with Crippen molar-refractivity contribution in [1.29, 1.82) is 0 Å². The number of carbonyl (C=O) groups excluding carboxylic acids is 1. The van der Waals surface area contributed by atoms with E-state index in [1.54, 1.807) is 25.1 Å². The Bertz CT molecular complexity index is 816. The lowest BCUT2D eigenvalue weighted by Gasteiger charge is -2.08. The summed E-state index contributed by atoms with van der Waals surface area (Å²) in [5.74, 6) is -0.716. The fraction of sp³-hybridized carbons (Fsp3) is 0.357. The fourth-order valence-electron chi connectivity index (χ4n) is 2.12. The lowest BCUT2D eigenvalue weighted by atomic mass is 10.2. The molecule has 23 heavy (non-hydrogen) atoms. The molecule has 0 atom stereocenters. The molecule has 9 heteroatoms. The molecule has 0 unspecified atom stereocenters. The van der Waals surface area contributed by atoms with Crippen molar-refractivity contribution in [2.75, 3.05) is 26.9 Å². The molecule has 0 amide bonds. The SMILES string of the molecule is CCOC(=O)c1[nH]c2ccc(Br)cc2c1S(=O)(=O)NCCOC. The van der Waals surface area contributed by atoms with Gasteiger partial charge in [0.15, 0.2) is 0 Å². The van der Waals surface area contributed by atoms with Crippen molar-refractivity contribution in [3.05, 3.63) is 28.4 Å². The maximum absolute atomic E-state index is 12.6. The normalized spacial score (nSPS) is 11.8. The molecule has 0 fully saturated rings. The van der Waals surface area contributed by atoms with Crippen LogP contribution >= 0.6 is 15.9 Å². The van der Waals surface area contributed by atoms with Crippen LogP contribution in [0.4, 0.5) is 0 Å². The quantitative estimate of drug-likeness (QED) is 0.543. The first kappa shape index (κ1) is 17.9. The Morgan fingerprint density at radius 1 is 1.39 bits per heavy atom. The number of H-pyrrole nitrogens is 1. The monoisotopic (exact) mass is 404 g/mol. The van der Waals surface area contributed by atoms with E-state index in [9.17, 15) is 13.2 Å². The van der Waals surface area contributed by atoms with E-state index in [-0.39, 0.29) is 30.3 Å². The molecule has 0 saturated heterocycles. The van der Waals surface area contributed by atoms with Gasteiger partial charge in [0.05, 0.1) is 13.2 Å².